The highest BCUT2D eigenvalue weighted by atomic mass is 35.5. The second kappa shape index (κ2) is 5.63. The third-order valence-electron chi connectivity index (χ3n) is 3.14. The summed E-state index contributed by atoms with van der Waals surface area (Å²) in [6.07, 6.45) is -0.888. The van der Waals surface area contributed by atoms with Crippen LogP contribution in [0.5, 0.6) is 5.75 Å². The van der Waals surface area contributed by atoms with Crippen molar-refractivity contribution in [2.24, 2.45) is 0 Å². The summed E-state index contributed by atoms with van der Waals surface area (Å²) in [5.74, 6) is 0.670. The molecular formula is C15H13ClN2O3. The second-order valence-electron chi connectivity index (χ2n) is 4.64. The number of ether oxygens (including phenoxy) is 1. The van der Waals surface area contributed by atoms with E-state index in [1.54, 1.807) is 24.3 Å². The first-order valence-corrected chi connectivity index (χ1v) is 6.78. The van der Waals surface area contributed by atoms with Gasteiger partial charge in [-0.3, -0.25) is 0 Å². The fourth-order valence-corrected chi connectivity index (χ4v) is 2.40. The Kier molecular flexibility index (Phi) is 3.68. The van der Waals surface area contributed by atoms with Crippen molar-refractivity contribution in [3.8, 4) is 5.75 Å². The molecule has 3 rings (SSSR count). The fraction of sp³-hybridized carbons (Fsp3) is 0.133. The smallest absolute Gasteiger partial charge is 0.323 e. The number of rotatable bonds is 4. The van der Waals surface area contributed by atoms with Crippen molar-refractivity contribution in [1.29, 1.82) is 0 Å². The number of halogens is 1. The molecule has 0 saturated carbocycles. The van der Waals surface area contributed by atoms with E-state index in [1.165, 1.54) is 0 Å². The zero-order valence-corrected chi connectivity index (χ0v) is 11.7. The van der Waals surface area contributed by atoms with E-state index in [0.29, 0.717) is 27.4 Å². The fourth-order valence-electron chi connectivity index (χ4n) is 2.11. The molecule has 5 nitrogen and oxygen atoms in total. The first kappa shape index (κ1) is 13.7. The molecule has 2 aromatic carbocycles. The normalized spacial score (nSPS) is 12.5. The molecule has 0 aliphatic heterocycles. The zero-order valence-electron chi connectivity index (χ0n) is 11.0. The van der Waals surface area contributed by atoms with Crippen molar-refractivity contribution in [2.45, 2.75) is 6.10 Å². The van der Waals surface area contributed by atoms with E-state index in [-0.39, 0.29) is 12.3 Å². The molecule has 0 bridgehead atoms. The largest absolute Gasteiger partial charge is 0.491 e. The van der Waals surface area contributed by atoms with Crippen molar-refractivity contribution in [1.82, 2.24) is 9.97 Å². The Morgan fingerprint density at radius 3 is 2.52 bits per heavy atom. The number of aliphatic hydroxyl groups is 1. The number of imidazole rings is 1. The van der Waals surface area contributed by atoms with E-state index in [4.69, 9.17) is 16.3 Å². The molecule has 3 N–H and O–H groups in total. The Labute approximate surface area is 125 Å². The molecule has 0 spiro atoms. The average Bonchev–Trinajstić information content (AvgIpc) is 2.84. The number of para-hydroxylation sites is 1. The van der Waals surface area contributed by atoms with E-state index in [2.05, 4.69) is 9.97 Å². The SMILES string of the molecule is O=c1[nH]c2cc(Cl)c(C(O)COc3ccccc3)cc2[nH]1. The Bertz CT molecular complexity index is 811. The number of benzene rings is 2. The molecule has 1 aromatic heterocycles. The first-order chi connectivity index (χ1) is 10.1. The maximum atomic E-state index is 11.3. The molecule has 6 heteroatoms. The lowest BCUT2D eigenvalue weighted by atomic mass is 10.1. The van der Waals surface area contributed by atoms with Gasteiger partial charge in [-0.25, -0.2) is 4.79 Å². The van der Waals surface area contributed by atoms with Crippen LogP contribution in [0.3, 0.4) is 0 Å². The zero-order chi connectivity index (χ0) is 14.8. The summed E-state index contributed by atoms with van der Waals surface area (Å²) in [5.41, 5.74) is 1.40. The van der Waals surface area contributed by atoms with Gasteiger partial charge in [0.1, 0.15) is 18.5 Å². The molecule has 1 heterocycles. The van der Waals surface area contributed by atoms with Gasteiger partial charge >= 0.3 is 5.69 Å². The monoisotopic (exact) mass is 304 g/mol. The number of aliphatic hydroxyl groups excluding tert-OH is 1. The van der Waals surface area contributed by atoms with Crippen molar-refractivity contribution < 1.29 is 9.84 Å². The highest BCUT2D eigenvalue weighted by molar-refractivity contribution is 6.32. The number of fused-ring (bicyclic) bond motifs is 1. The van der Waals surface area contributed by atoms with Crippen LogP contribution < -0.4 is 10.4 Å². The number of hydrogen-bond acceptors (Lipinski definition) is 3. The Balaban J connectivity index is 1.82. The van der Waals surface area contributed by atoms with Gasteiger partial charge in [0.2, 0.25) is 0 Å². The summed E-state index contributed by atoms with van der Waals surface area (Å²) >= 11 is 6.14. The summed E-state index contributed by atoms with van der Waals surface area (Å²) in [4.78, 5) is 16.5. The van der Waals surface area contributed by atoms with E-state index in [9.17, 15) is 9.90 Å². The Morgan fingerprint density at radius 1 is 1.14 bits per heavy atom. The summed E-state index contributed by atoms with van der Waals surface area (Å²) in [5, 5.41) is 10.6. The highest BCUT2D eigenvalue weighted by Crippen LogP contribution is 2.27. The van der Waals surface area contributed by atoms with Gasteiger partial charge in [-0.15, -0.1) is 0 Å². The van der Waals surface area contributed by atoms with Gasteiger partial charge in [0.15, 0.2) is 0 Å². The number of nitrogens with one attached hydrogen (secondary N) is 2. The molecule has 0 radical (unpaired) electrons. The van der Waals surface area contributed by atoms with Crippen LogP contribution in [0.4, 0.5) is 0 Å². The van der Waals surface area contributed by atoms with Crippen LogP contribution in [0.2, 0.25) is 5.02 Å². The van der Waals surface area contributed by atoms with Gasteiger partial charge in [0.25, 0.3) is 0 Å². The lowest BCUT2D eigenvalue weighted by Gasteiger charge is -2.14. The van der Waals surface area contributed by atoms with Crippen LogP contribution in [0.15, 0.2) is 47.3 Å². The molecule has 108 valence electrons. The maximum Gasteiger partial charge on any atom is 0.323 e. The molecule has 1 atom stereocenters. The topological polar surface area (TPSA) is 78.1 Å². The third kappa shape index (κ3) is 2.94. The molecule has 0 aliphatic carbocycles. The molecule has 1 unspecified atom stereocenters. The van der Waals surface area contributed by atoms with Gasteiger partial charge in [-0.2, -0.15) is 0 Å². The number of aromatic nitrogens is 2. The van der Waals surface area contributed by atoms with Gasteiger partial charge in [-0.05, 0) is 24.3 Å². The van der Waals surface area contributed by atoms with Gasteiger partial charge in [0.05, 0.1) is 11.0 Å². The predicted octanol–water partition coefficient (Wildman–Crippen LogP) is 2.62. The average molecular weight is 305 g/mol. The summed E-state index contributed by atoms with van der Waals surface area (Å²) in [6, 6.07) is 12.5. The van der Waals surface area contributed by atoms with Crippen LogP contribution in [0, 0.1) is 0 Å². The molecular weight excluding hydrogens is 292 g/mol. The van der Waals surface area contributed by atoms with Crippen LogP contribution in [0.25, 0.3) is 11.0 Å². The van der Waals surface area contributed by atoms with Crippen LogP contribution in [0.1, 0.15) is 11.7 Å². The van der Waals surface area contributed by atoms with E-state index < -0.39 is 6.10 Å². The van der Waals surface area contributed by atoms with Gasteiger partial charge < -0.3 is 19.8 Å². The summed E-state index contributed by atoms with van der Waals surface area (Å²) in [6.45, 7) is 0.0733. The van der Waals surface area contributed by atoms with Crippen molar-refractivity contribution in [3.63, 3.8) is 0 Å². The van der Waals surface area contributed by atoms with E-state index in [1.807, 2.05) is 18.2 Å². The Hall–Kier alpha value is -2.24. The van der Waals surface area contributed by atoms with Crippen molar-refractivity contribution in [2.75, 3.05) is 6.61 Å². The minimum atomic E-state index is -0.888. The van der Waals surface area contributed by atoms with Gasteiger partial charge in [-0.1, -0.05) is 29.8 Å². The molecule has 21 heavy (non-hydrogen) atoms. The first-order valence-electron chi connectivity index (χ1n) is 6.41. The lowest BCUT2D eigenvalue weighted by molar-refractivity contribution is 0.108. The molecule has 3 aromatic rings. The number of hydrogen-bond donors (Lipinski definition) is 3. The van der Waals surface area contributed by atoms with Crippen LogP contribution >= 0.6 is 11.6 Å². The number of aromatic amines is 2. The second-order valence-corrected chi connectivity index (χ2v) is 5.05. The molecule has 0 amide bonds. The maximum absolute atomic E-state index is 11.3. The number of H-pyrrole nitrogens is 2. The molecule has 0 aliphatic rings. The highest BCUT2D eigenvalue weighted by Gasteiger charge is 2.14. The minimum absolute atomic E-state index is 0.0733. The lowest BCUT2D eigenvalue weighted by Crippen LogP contribution is -2.10. The van der Waals surface area contributed by atoms with E-state index in [0.717, 1.165) is 0 Å². The summed E-state index contributed by atoms with van der Waals surface area (Å²) in [7, 11) is 0. The van der Waals surface area contributed by atoms with Crippen LogP contribution in [-0.4, -0.2) is 21.7 Å². The van der Waals surface area contributed by atoms with Crippen molar-refractivity contribution in [3.05, 3.63) is 63.5 Å². The quantitative estimate of drug-likeness (QED) is 0.693. The standard InChI is InChI=1S/C15H13ClN2O3/c16-11-7-13-12(17-15(20)18-13)6-10(11)14(19)8-21-9-4-2-1-3-5-9/h1-7,14,19H,8H2,(H2,17,18,20). The molecule has 0 saturated heterocycles. The minimum Gasteiger partial charge on any atom is -0.491 e. The van der Waals surface area contributed by atoms with Crippen LogP contribution in [-0.2, 0) is 0 Å². The Morgan fingerprint density at radius 2 is 1.81 bits per heavy atom. The summed E-state index contributed by atoms with van der Waals surface area (Å²) < 4.78 is 5.51. The predicted molar refractivity (Wildman–Crippen MR) is 80.8 cm³/mol. The van der Waals surface area contributed by atoms with Crippen molar-refractivity contribution >= 4 is 22.6 Å². The molecule has 0 fully saturated rings. The van der Waals surface area contributed by atoms with Gasteiger partial charge in [0, 0.05) is 10.6 Å². The van der Waals surface area contributed by atoms with E-state index >= 15 is 0 Å². The third-order valence-corrected chi connectivity index (χ3v) is 3.47.